The summed E-state index contributed by atoms with van der Waals surface area (Å²) in [4.78, 5) is 11.7. The molecule has 3 heteroatoms. The maximum Gasteiger partial charge on any atom is 0.220 e. The van der Waals surface area contributed by atoms with E-state index < -0.39 is 0 Å². The van der Waals surface area contributed by atoms with Crippen LogP contribution in [0.2, 0.25) is 0 Å². The van der Waals surface area contributed by atoms with Crippen LogP contribution in [0.4, 0.5) is 0 Å². The SMILES string of the molecule is CCCCCCCCCCCC(=O)NC(C)(C)CCl. The molecule has 2 nitrogen and oxygen atoms in total. The highest BCUT2D eigenvalue weighted by molar-refractivity contribution is 6.18. The van der Waals surface area contributed by atoms with Crippen LogP contribution in [0.5, 0.6) is 0 Å². The van der Waals surface area contributed by atoms with Crippen molar-refractivity contribution in [3.63, 3.8) is 0 Å². The van der Waals surface area contributed by atoms with E-state index in [1.807, 2.05) is 13.8 Å². The molecule has 0 spiro atoms. The number of hydrogen-bond acceptors (Lipinski definition) is 1. The van der Waals surface area contributed by atoms with Crippen LogP contribution in [0, 0.1) is 0 Å². The van der Waals surface area contributed by atoms with Gasteiger partial charge in [-0.1, -0.05) is 58.3 Å². The number of carbonyl (C=O) groups is 1. The number of amides is 1. The molecular weight excluding hydrogens is 258 g/mol. The fourth-order valence-corrected chi connectivity index (χ4v) is 2.14. The first-order chi connectivity index (χ1) is 9.02. The zero-order chi connectivity index (χ0) is 14.6. The smallest absolute Gasteiger partial charge is 0.220 e. The zero-order valence-electron chi connectivity index (χ0n) is 13.1. The number of alkyl halides is 1. The summed E-state index contributed by atoms with van der Waals surface area (Å²) in [6, 6.07) is 0. The molecule has 0 fully saturated rings. The van der Waals surface area contributed by atoms with Gasteiger partial charge in [-0.3, -0.25) is 4.79 Å². The van der Waals surface area contributed by atoms with Gasteiger partial charge in [-0.2, -0.15) is 0 Å². The molecule has 0 radical (unpaired) electrons. The van der Waals surface area contributed by atoms with E-state index in [2.05, 4.69) is 12.2 Å². The Bertz CT molecular complexity index is 229. The Hall–Kier alpha value is -0.240. The van der Waals surface area contributed by atoms with Gasteiger partial charge in [0.2, 0.25) is 5.91 Å². The molecule has 114 valence electrons. The minimum atomic E-state index is -0.280. The van der Waals surface area contributed by atoms with Crippen LogP contribution in [0.15, 0.2) is 0 Å². The largest absolute Gasteiger partial charge is 0.350 e. The quantitative estimate of drug-likeness (QED) is 0.396. The van der Waals surface area contributed by atoms with E-state index in [4.69, 9.17) is 11.6 Å². The van der Waals surface area contributed by atoms with Crippen molar-refractivity contribution in [2.24, 2.45) is 0 Å². The molecule has 0 heterocycles. The average Bonchev–Trinajstić information content (AvgIpc) is 2.36. The predicted molar refractivity (Wildman–Crippen MR) is 84.8 cm³/mol. The number of carbonyl (C=O) groups excluding carboxylic acids is 1. The number of hydrogen-bond donors (Lipinski definition) is 1. The van der Waals surface area contributed by atoms with Crippen LogP contribution in [-0.4, -0.2) is 17.3 Å². The fourth-order valence-electron chi connectivity index (χ4n) is 2.07. The molecule has 0 aliphatic rings. The normalized spacial score (nSPS) is 11.6. The van der Waals surface area contributed by atoms with Crippen molar-refractivity contribution >= 4 is 17.5 Å². The van der Waals surface area contributed by atoms with Gasteiger partial charge in [0.1, 0.15) is 0 Å². The maximum absolute atomic E-state index is 11.7. The van der Waals surface area contributed by atoms with Crippen molar-refractivity contribution < 1.29 is 4.79 Å². The first-order valence-electron chi connectivity index (χ1n) is 7.89. The Morgan fingerprint density at radius 2 is 1.42 bits per heavy atom. The summed E-state index contributed by atoms with van der Waals surface area (Å²) in [7, 11) is 0. The van der Waals surface area contributed by atoms with Gasteiger partial charge < -0.3 is 5.32 Å². The third-order valence-electron chi connectivity index (χ3n) is 3.32. The summed E-state index contributed by atoms with van der Waals surface area (Å²) in [6.45, 7) is 6.15. The van der Waals surface area contributed by atoms with E-state index in [1.165, 1.54) is 51.4 Å². The predicted octanol–water partition coefficient (Wildman–Crippen LogP) is 5.04. The highest BCUT2D eigenvalue weighted by Gasteiger charge is 2.18. The van der Waals surface area contributed by atoms with Crippen LogP contribution in [-0.2, 0) is 4.79 Å². The summed E-state index contributed by atoms with van der Waals surface area (Å²) in [6.07, 6.45) is 12.2. The highest BCUT2D eigenvalue weighted by atomic mass is 35.5. The van der Waals surface area contributed by atoms with Gasteiger partial charge in [0.15, 0.2) is 0 Å². The molecule has 0 atom stereocenters. The van der Waals surface area contributed by atoms with Gasteiger partial charge in [-0.25, -0.2) is 0 Å². The van der Waals surface area contributed by atoms with Gasteiger partial charge in [-0.15, -0.1) is 11.6 Å². The standard InChI is InChI=1S/C16H32ClNO/c1-4-5-6-7-8-9-10-11-12-13-15(19)18-16(2,3)14-17/h4-14H2,1-3H3,(H,18,19). The van der Waals surface area contributed by atoms with Crippen molar-refractivity contribution in [3.05, 3.63) is 0 Å². The third kappa shape index (κ3) is 12.5. The summed E-state index contributed by atoms with van der Waals surface area (Å²) in [5.41, 5.74) is -0.280. The average molecular weight is 290 g/mol. The summed E-state index contributed by atoms with van der Waals surface area (Å²) in [5.74, 6) is 0.588. The van der Waals surface area contributed by atoms with Crippen LogP contribution in [0.1, 0.15) is 85.0 Å². The summed E-state index contributed by atoms with van der Waals surface area (Å²) < 4.78 is 0. The van der Waals surface area contributed by atoms with E-state index in [1.54, 1.807) is 0 Å². The molecule has 1 amide bonds. The van der Waals surface area contributed by atoms with Gasteiger partial charge in [0, 0.05) is 17.8 Å². The second-order valence-electron chi connectivity index (χ2n) is 6.14. The molecule has 0 unspecified atom stereocenters. The van der Waals surface area contributed by atoms with Crippen LogP contribution < -0.4 is 5.32 Å². The molecule has 19 heavy (non-hydrogen) atoms. The minimum absolute atomic E-state index is 0.133. The minimum Gasteiger partial charge on any atom is -0.350 e. The lowest BCUT2D eigenvalue weighted by Crippen LogP contribution is -2.44. The second-order valence-corrected chi connectivity index (χ2v) is 6.41. The lowest BCUT2D eigenvalue weighted by molar-refractivity contribution is -0.122. The molecule has 0 aliphatic carbocycles. The van der Waals surface area contributed by atoms with Crippen LogP contribution in [0.25, 0.3) is 0 Å². The van der Waals surface area contributed by atoms with Gasteiger partial charge in [0.25, 0.3) is 0 Å². The number of halogens is 1. The molecule has 0 saturated carbocycles. The topological polar surface area (TPSA) is 29.1 Å². The third-order valence-corrected chi connectivity index (χ3v) is 3.99. The fraction of sp³-hybridized carbons (Fsp3) is 0.938. The lowest BCUT2D eigenvalue weighted by Gasteiger charge is -2.23. The lowest BCUT2D eigenvalue weighted by atomic mass is 10.1. The Kier molecular flexibility index (Phi) is 11.4. The van der Waals surface area contributed by atoms with E-state index in [9.17, 15) is 4.79 Å². The zero-order valence-corrected chi connectivity index (χ0v) is 13.8. The number of nitrogens with one attached hydrogen (secondary N) is 1. The van der Waals surface area contributed by atoms with Gasteiger partial charge in [-0.05, 0) is 20.3 Å². The molecule has 0 rings (SSSR count). The van der Waals surface area contributed by atoms with Crippen LogP contribution in [0.3, 0.4) is 0 Å². The van der Waals surface area contributed by atoms with E-state index >= 15 is 0 Å². The van der Waals surface area contributed by atoms with Crippen molar-refractivity contribution in [2.75, 3.05) is 5.88 Å². The summed E-state index contributed by atoms with van der Waals surface area (Å²) >= 11 is 5.78. The van der Waals surface area contributed by atoms with Crippen molar-refractivity contribution in [1.29, 1.82) is 0 Å². The molecule has 0 aromatic rings. The highest BCUT2D eigenvalue weighted by Crippen LogP contribution is 2.11. The molecule has 0 saturated heterocycles. The second kappa shape index (κ2) is 11.6. The monoisotopic (exact) mass is 289 g/mol. The van der Waals surface area contributed by atoms with E-state index in [0.717, 1.165) is 6.42 Å². The Morgan fingerprint density at radius 3 is 1.89 bits per heavy atom. The Balaban J connectivity index is 3.32. The number of rotatable bonds is 12. The van der Waals surface area contributed by atoms with Crippen molar-refractivity contribution in [3.8, 4) is 0 Å². The first kappa shape index (κ1) is 18.8. The first-order valence-corrected chi connectivity index (χ1v) is 8.42. The molecule has 0 aliphatic heterocycles. The molecular formula is C16H32ClNO. The molecule has 0 aromatic heterocycles. The maximum atomic E-state index is 11.7. The molecule has 0 bridgehead atoms. The van der Waals surface area contributed by atoms with Crippen molar-refractivity contribution in [1.82, 2.24) is 5.32 Å². The Labute approximate surface area is 124 Å². The molecule has 0 aromatic carbocycles. The van der Waals surface area contributed by atoms with Gasteiger partial charge >= 0.3 is 0 Å². The van der Waals surface area contributed by atoms with Crippen molar-refractivity contribution in [2.45, 2.75) is 90.5 Å². The summed E-state index contributed by atoms with van der Waals surface area (Å²) in [5, 5.41) is 2.96. The molecule has 1 N–H and O–H groups in total. The Morgan fingerprint density at radius 1 is 0.947 bits per heavy atom. The van der Waals surface area contributed by atoms with Gasteiger partial charge in [0.05, 0.1) is 0 Å². The van der Waals surface area contributed by atoms with Crippen LogP contribution >= 0.6 is 11.6 Å². The number of unbranched alkanes of at least 4 members (excludes halogenated alkanes) is 8. The van der Waals surface area contributed by atoms with E-state index in [-0.39, 0.29) is 11.4 Å². The van der Waals surface area contributed by atoms with E-state index in [0.29, 0.717) is 12.3 Å².